The van der Waals surface area contributed by atoms with Crippen molar-refractivity contribution in [1.29, 1.82) is 0 Å². The number of hydrogen-bond donors (Lipinski definition) is 0. The molecule has 2 aliphatic carbocycles. The molecule has 1 saturated carbocycles. The molecule has 3 aromatic heterocycles. The quantitative estimate of drug-likeness (QED) is 0.483. The SMILES string of the molecule is CC1CCc2c(sc3nc(C4CC4)n4c(SCC(=O)N(C(C)C)C(C)C)nnc4c23)C1. The summed E-state index contributed by atoms with van der Waals surface area (Å²) in [5.74, 6) is 2.82. The summed E-state index contributed by atoms with van der Waals surface area (Å²) in [6, 6.07) is 0.373. The standard InChI is InChI=1S/C23H31N5OS2/c1-12(2)27(13(3)4)18(29)11-30-23-26-25-21-19-16-9-6-14(5)10-17(16)31-22(19)24-20(28(21)23)15-7-8-15/h12-15H,6-11H2,1-5H3. The van der Waals surface area contributed by atoms with Gasteiger partial charge in [0.1, 0.15) is 10.7 Å². The Morgan fingerprint density at radius 3 is 2.61 bits per heavy atom. The molecule has 0 saturated heterocycles. The minimum absolute atomic E-state index is 0.149. The summed E-state index contributed by atoms with van der Waals surface area (Å²) >= 11 is 3.35. The normalized spacial score (nSPS) is 19.0. The number of aromatic nitrogens is 4. The number of thioether (sulfide) groups is 1. The van der Waals surface area contributed by atoms with E-state index in [1.54, 1.807) is 0 Å². The molecule has 2 aliphatic rings. The molecule has 1 fully saturated rings. The topological polar surface area (TPSA) is 63.4 Å². The molecule has 0 aromatic carbocycles. The fourth-order valence-corrected chi connectivity index (χ4v) is 7.11. The Bertz CT molecular complexity index is 1140. The van der Waals surface area contributed by atoms with E-state index in [1.807, 2.05) is 16.2 Å². The van der Waals surface area contributed by atoms with Crippen LogP contribution in [0.5, 0.6) is 0 Å². The third kappa shape index (κ3) is 3.75. The van der Waals surface area contributed by atoms with Gasteiger partial charge in [-0.15, -0.1) is 21.5 Å². The molecule has 1 unspecified atom stereocenters. The van der Waals surface area contributed by atoms with E-state index in [9.17, 15) is 4.79 Å². The fraction of sp³-hybridized carbons (Fsp3) is 0.652. The van der Waals surface area contributed by atoms with Gasteiger partial charge in [0.15, 0.2) is 10.8 Å². The van der Waals surface area contributed by atoms with E-state index in [0.29, 0.717) is 11.7 Å². The second-order valence-corrected chi connectivity index (χ2v) is 11.7. The van der Waals surface area contributed by atoms with Gasteiger partial charge in [-0.2, -0.15) is 0 Å². The molecule has 3 aromatic rings. The van der Waals surface area contributed by atoms with E-state index >= 15 is 0 Å². The van der Waals surface area contributed by atoms with Crippen LogP contribution in [0.3, 0.4) is 0 Å². The number of thiophene rings is 1. The van der Waals surface area contributed by atoms with Crippen LogP contribution in [-0.2, 0) is 17.6 Å². The van der Waals surface area contributed by atoms with Crippen LogP contribution in [0, 0.1) is 5.92 Å². The highest BCUT2D eigenvalue weighted by atomic mass is 32.2. The molecule has 1 amide bonds. The maximum Gasteiger partial charge on any atom is 0.233 e. The van der Waals surface area contributed by atoms with Gasteiger partial charge in [-0.1, -0.05) is 18.7 Å². The zero-order chi connectivity index (χ0) is 21.9. The van der Waals surface area contributed by atoms with Crippen molar-refractivity contribution in [3.63, 3.8) is 0 Å². The van der Waals surface area contributed by atoms with E-state index in [4.69, 9.17) is 4.98 Å². The van der Waals surface area contributed by atoms with Gasteiger partial charge in [0.05, 0.1) is 11.1 Å². The van der Waals surface area contributed by atoms with Gasteiger partial charge in [0.25, 0.3) is 0 Å². The number of amides is 1. The highest BCUT2D eigenvalue weighted by Gasteiger charge is 2.32. The van der Waals surface area contributed by atoms with Gasteiger partial charge in [-0.05, 0) is 71.3 Å². The van der Waals surface area contributed by atoms with Gasteiger partial charge in [0, 0.05) is 22.9 Å². The Morgan fingerprint density at radius 2 is 1.94 bits per heavy atom. The smallest absolute Gasteiger partial charge is 0.233 e. The summed E-state index contributed by atoms with van der Waals surface area (Å²) in [6.45, 7) is 10.6. The Balaban J connectivity index is 1.54. The van der Waals surface area contributed by atoms with Gasteiger partial charge >= 0.3 is 0 Å². The van der Waals surface area contributed by atoms with Crippen LogP contribution in [0.2, 0.25) is 0 Å². The van der Waals surface area contributed by atoms with Gasteiger partial charge in [0.2, 0.25) is 5.91 Å². The van der Waals surface area contributed by atoms with E-state index in [1.165, 1.54) is 46.9 Å². The molecule has 5 rings (SSSR count). The first-order valence-corrected chi connectivity index (χ1v) is 13.3. The summed E-state index contributed by atoms with van der Waals surface area (Å²) < 4.78 is 2.16. The molecule has 0 N–H and O–H groups in total. The largest absolute Gasteiger partial charge is 0.337 e. The second-order valence-electron chi connectivity index (χ2n) is 9.69. The number of carbonyl (C=O) groups is 1. The average molecular weight is 458 g/mol. The van der Waals surface area contributed by atoms with E-state index in [0.717, 1.165) is 40.2 Å². The lowest BCUT2D eigenvalue weighted by atomic mass is 9.89. The maximum absolute atomic E-state index is 12.9. The zero-order valence-electron chi connectivity index (χ0n) is 19.0. The van der Waals surface area contributed by atoms with Crippen molar-refractivity contribution in [3.8, 4) is 0 Å². The number of fused-ring (bicyclic) bond motifs is 5. The summed E-state index contributed by atoms with van der Waals surface area (Å²) in [7, 11) is 0. The van der Waals surface area contributed by atoms with Crippen molar-refractivity contribution < 1.29 is 4.79 Å². The van der Waals surface area contributed by atoms with E-state index in [-0.39, 0.29) is 18.0 Å². The van der Waals surface area contributed by atoms with Crippen LogP contribution < -0.4 is 0 Å². The summed E-state index contributed by atoms with van der Waals surface area (Å²) in [5.41, 5.74) is 2.38. The number of nitrogens with zero attached hydrogens (tertiary/aromatic N) is 5. The number of rotatable bonds is 6. The highest BCUT2D eigenvalue weighted by Crippen LogP contribution is 2.44. The van der Waals surface area contributed by atoms with E-state index < -0.39 is 0 Å². The molecule has 0 spiro atoms. The molecule has 1 atom stereocenters. The summed E-state index contributed by atoms with van der Waals surface area (Å²) in [4.78, 5) is 22.6. The average Bonchev–Trinajstić information content (AvgIpc) is 3.36. The van der Waals surface area contributed by atoms with Crippen LogP contribution in [0.4, 0.5) is 0 Å². The Kier molecular flexibility index (Phi) is 5.49. The molecule has 166 valence electrons. The first-order chi connectivity index (χ1) is 14.8. The third-order valence-electron chi connectivity index (χ3n) is 6.46. The summed E-state index contributed by atoms with van der Waals surface area (Å²) in [6.07, 6.45) is 5.81. The monoisotopic (exact) mass is 457 g/mol. The summed E-state index contributed by atoms with van der Waals surface area (Å²) in [5, 5.41) is 11.2. The Hall–Kier alpha value is -1.67. The molecule has 6 nitrogen and oxygen atoms in total. The lowest BCUT2D eigenvalue weighted by molar-refractivity contribution is -0.131. The van der Waals surface area contributed by atoms with Crippen molar-refractivity contribution in [1.82, 2.24) is 24.5 Å². The molecule has 0 bridgehead atoms. The van der Waals surface area contributed by atoms with Gasteiger partial charge in [-0.25, -0.2) is 4.98 Å². The Labute approximate surface area is 191 Å². The van der Waals surface area contributed by atoms with Crippen molar-refractivity contribution in [3.05, 3.63) is 16.3 Å². The molecular weight excluding hydrogens is 426 g/mol. The lowest BCUT2D eigenvalue weighted by Gasteiger charge is -2.30. The first kappa shape index (κ1) is 21.2. The van der Waals surface area contributed by atoms with Crippen molar-refractivity contribution in [2.45, 2.75) is 89.9 Å². The highest BCUT2D eigenvalue weighted by molar-refractivity contribution is 7.99. The van der Waals surface area contributed by atoms with Gasteiger partial charge in [-0.3, -0.25) is 9.20 Å². The Morgan fingerprint density at radius 1 is 1.19 bits per heavy atom. The van der Waals surface area contributed by atoms with Crippen LogP contribution >= 0.6 is 23.1 Å². The molecule has 0 radical (unpaired) electrons. The van der Waals surface area contributed by atoms with Crippen molar-refractivity contribution in [2.75, 3.05) is 5.75 Å². The lowest BCUT2D eigenvalue weighted by Crippen LogP contribution is -2.43. The molecular formula is C23H31N5OS2. The predicted octanol–water partition coefficient (Wildman–Crippen LogP) is 5.08. The first-order valence-electron chi connectivity index (χ1n) is 11.5. The minimum Gasteiger partial charge on any atom is -0.337 e. The molecule has 0 aliphatic heterocycles. The number of aryl methyl sites for hydroxylation is 1. The minimum atomic E-state index is 0.149. The van der Waals surface area contributed by atoms with Crippen LogP contribution in [0.25, 0.3) is 15.9 Å². The molecule has 3 heterocycles. The van der Waals surface area contributed by atoms with Crippen LogP contribution in [0.1, 0.15) is 76.1 Å². The van der Waals surface area contributed by atoms with Crippen molar-refractivity contribution >= 4 is 44.9 Å². The number of hydrogen-bond acceptors (Lipinski definition) is 6. The predicted molar refractivity (Wildman–Crippen MR) is 127 cm³/mol. The molecule has 31 heavy (non-hydrogen) atoms. The number of carbonyl (C=O) groups excluding carboxylic acids is 1. The third-order valence-corrected chi connectivity index (χ3v) is 8.53. The maximum atomic E-state index is 12.9. The van der Waals surface area contributed by atoms with Crippen LogP contribution in [0.15, 0.2) is 5.16 Å². The van der Waals surface area contributed by atoms with Crippen molar-refractivity contribution in [2.24, 2.45) is 5.92 Å². The molecule has 8 heteroatoms. The second kappa shape index (κ2) is 8.03. The fourth-order valence-electron chi connectivity index (χ4n) is 4.92. The van der Waals surface area contributed by atoms with E-state index in [2.05, 4.69) is 49.2 Å². The van der Waals surface area contributed by atoms with Crippen LogP contribution in [-0.4, -0.2) is 48.2 Å². The van der Waals surface area contributed by atoms with Gasteiger partial charge < -0.3 is 4.90 Å². The zero-order valence-corrected chi connectivity index (χ0v) is 20.6.